The first-order valence-electron chi connectivity index (χ1n) is 9.34. The number of para-hydroxylation sites is 1. The van der Waals surface area contributed by atoms with E-state index < -0.39 is 16.8 Å². The van der Waals surface area contributed by atoms with Crippen LogP contribution in [0.25, 0.3) is 0 Å². The molecule has 8 heteroatoms. The maximum absolute atomic E-state index is 13.0. The Morgan fingerprint density at radius 1 is 1.17 bits per heavy atom. The first kappa shape index (κ1) is 22.3. The van der Waals surface area contributed by atoms with Crippen molar-refractivity contribution in [3.63, 3.8) is 0 Å². The lowest BCUT2D eigenvalue weighted by atomic mass is 9.77. The summed E-state index contributed by atoms with van der Waals surface area (Å²) >= 11 is 0. The maximum Gasteiger partial charge on any atom is 0.337 e. The van der Waals surface area contributed by atoms with Gasteiger partial charge in [0.25, 0.3) is 5.69 Å². The fraction of sp³-hybridized carbons (Fsp3) is 0.429. The molecule has 1 atom stereocenters. The highest BCUT2D eigenvalue weighted by Crippen LogP contribution is 2.42. The molecular weight excluding hydrogens is 376 g/mol. The number of nitrogens with zero attached hydrogens (tertiary/aromatic N) is 1. The third-order valence-electron chi connectivity index (χ3n) is 4.60. The molecule has 0 aromatic heterocycles. The van der Waals surface area contributed by atoms with Gasteiger partial charge in [-0.05, 0) is 27.7 Å². The smallest absolute Gasteiger partial charge is 0.337 e. The van der Waals surface area contributed by atoms with Crippen LogP contribution in [0.15, 0.2) is 46.8 Å². The van der Waals surface area contributed by atoms with E-state index in [1.54, 1.807) is 45.9 Å². The van der Waals surface area contributed by atoms with Crippen molar-refractivity contribution >= 4 is 17.4 Å². The molecule has 0 saturated carbocycles. The molecule has 1 aliphatic heterocycles. The minimum atomic E-state index is -0.909. The van der Waals surface area contributed by atoms with Crippen LogP contribution in [0.2, 0.25) is 0 Å². The van der Waals surface area contributed by atoms with E-state index in [1.807, 2.05) is 0 Å². The standard InChI is InChI=1S/C21H26N2O6/c1-12(2)29-21(25)19-14(4)22-13(3)18(17(24)10-11-28-5)20(19)15-8-6-7-9-16(15)23(26)27/h6-9,12,20,22H,10-11H2,1-5H3/t20-/m0/s1. The molecule has 29 heavy (non-hydrogen) atoms. The molecule has 2 rings (SSSR count). The number of Topliss-reactive ketones (excluding diaryl/α,β-unsaturated/α-hetero) is 1. The van der Waals surface area contributed by atoms with Crippen molar-refractivity contribution in [2.75, 3.05) is 13.7 Å². The third kappa shape index (κ3) is 4.89. The fourth-order valence-electron chi connectivity index (χ4n) is 3.45. The number of hydrogen-bond donors (Lipinski definition) is 1. The number of nitro groups is 1. The predicted molar refractivity (Wildman–Crippen MR) is 107 cm³/mol. The highest BCUT2D eigenvalue weighted by atomic mass is 16.6. The number of hydrogen-bond acceptors (Lipinski definition) is 7. The minimum Gasteiger partial charge on any atom is -0.460 e. The van der Waals surface area contributed by atoms with Gasteiger partial charge in [-0.1, -0.05) is 18.2 Å². The first-order valence-corrected chi connectivity index (χ1v) is 9.34. The van der Waals surface area contributed by atoms with Crippen molar-refractivity contribution in [2.45, 2.75) is 46.1 Å². The van der Waals surface area contributed by atoms with Crippen LogP contribution >= 0.6 is 0 Å². The number of nitrogens with one attached hydrogen (secondary N) is 1. The monoisotopic (exact) mass is 402 g/mol. The largest absolute Gasteiger partial charge is 0.460 e. The molecule has 0 spiro atoms. The summed E-state index contributed by atoms with van der Waals surface area (Å²) in [5.74, 6) is -1.77. The summed E-state index contributed by atoms with van der Waals surface area (Å²) < 4.78 is 10.4. The Morgan fingerprint density at radius 3 is 2.38 bits per heavy atom. The summed E-state index contributed by atoms with van der Waals surface area (Å²) in [6.07, 6.45) is -0.290. The van der Waals surface area contributed by atoms with Crippen LogP contribution in [-0.2, 0) is 19.1 Å². The number of ether oxygens (including phenoxy) is 2. The molecule has 0 amide bonds. The van der Waals surface area contributed by atoms with Crippen LogP contribution in [0.1, 0.15) is 45.6 Å². The molecule has 1 heterocycles. The predicted octanol–water partition coefficient (Wildman–Crippen LogP) is 3.39. The molecule has 0 aliphatic carbocycles. The number of methoxy groups -OCH3 is 1. The lowest BCUT2D eigenvalue weighted by molar-refractivity contribution is -0.385. The zero-order valence-electron chi connectivity index (χ0n) is 17.3. The van der Waals surface area contributed by atoms with Crippen molar-refractivity contribution in [3.8, 4) is 0 Å². The number of carbonyl (C=O) groups excluding carboxylic acids is 2. The zero-order valence-corrected chi connectivity index (χ0v) is 17.3. The number of allylic oxidation sites excluding steroid dienone is 3. The molecule has 1 aromatic rings. The highest BCUT2D eigenvalue weighted by molar-refractivity contribution is 6.03. The van der Waals surface area contributed by atoms with Crippen molar-refractivity contribution in [1.29, 1.82) is 0 Å². The number of ketones is 1. The normalized spacial score (nSPS) is 16.7. The van der Waals surface area contributed by atoms with Gasteiger partial charge >= 0.3 is 5.97 Å². The average molecular weight is 402 g/mol. The van der Waals surface area contributed by atoms with Gasteiger partial charge in [-0.2, -0.15) is 0 Å². The third-order valence-corrected chi connectivity index (χ3v) is 4.60. The summed E-state index contributed by atoms with van der Waals surface area (Å²) in [5, 5.41) is 14.7. The molecule has 0 unspecified atom stereocenters. The lowest BCUT2D eigenvalue weighted by Crippen LogP contribution is -2.33. The lowest BCUT2D eigenvalue weighted by Gasteiger charge is -2.31. The number of esters is 1. The molecule has 8 nitrogen and oxygen atoms in total. The van der Waals surface area contributed by atoms with Crippen molar-refractivity contribution in [1.82, 2.24) is 5.32 Å². The maximum atomic E-state index is 13.0. The Kier molecular flexibility index (Phi) is 7.28. The SMILES string of the molecule is COCCC(=O)C1=C(C)NC(C)=C(C(=O)OC(C)C)[C@H]1c1ccccc1[N+](=O)[O-]. The molecular formula is C21H26N2O6. The molecule has 0 radical (unpaired) electrons. The van der Waals surface area contributed by atoms with Gasteiger partial charge in [0.05, 0.1) is 29.1 Å². The van der Waals surface area contributed by atoms with Crippen molar-refractivity contribution in [3.05, 3.63) is 62.5 Å². The average Bonchev–Trinajstić information content (AvgIpc) is 2.64. The van der Waals surface area contributed by atoms with Crippen molar-refractivity contribution in [2.24, 2.45) is 0 Å². The molecule has 0 saturated heterocycles. The summed E-state index contributed by atoms with van der Waals surface area (Å²) in [6, 6.07) is 6.14. The van der Waals surface area contributed by atoms with Crippen molar-refractivity contribution < 1.29 is 24.0 Å². The number of carbonyl (C=O) groups is 2. The number of nitro benzene ring substituents is 1. The number of rotatable bonds is 8. The van der Waals surface area contributed by atoms with Crippen LogP contribution < -0.4 is 5.32 Å². The van der Waals surface area contributed by atoms with E-state index in [4.69, 9.17) is 9.47 Å². The molecule has 0 fully saturated rings. The Hall–Kier alpha value is -3.00. The summed E-state index contributed by atoms with van der Waals surface area (Å²) in [5.41, 5.74) is 1.66. The van der Waals surface area contributed by atoms with Gasteiger partial charge in [0.15, 0.2) is 5.78 Å². The molecule has 1 aromatic carbocycles. The Morgan fingerprint density at radius 2 is 1.79 bits per heavy atom. The molecule has 1 aliphatic rings. The molecule has 156 valence electrons. The molecule has 1 N–H and O–H groups in total. The van der Waals surface area contributed by atoms with Crippen LogP contribution in [0.5, 0.6) is 0 Å². The number of benzene rings is 1. The topological polar surface area (TPSA) is 108 Å². The number of dihydropyridines is 1. The van der Waals surface area contributed by atoms with E-state index >= 15 is 0 Å². The quantitative estimate of drug-likeness (QED) is 0.403. The van der Waals surface area contributed by atoms with E-state index in [9.17, 15) is 19.7 Å². The first-order chi connectivity index (χ1) is 13.7. The zero-order chi connectivity index (χ0) is 21.7. The second kappa shape index (κ2) is 9.47. The summed E-state index contributed by atoms with van der Waals surface area (Å²) in [7, 11) is 1.49. The fourth-order valence-corrected chi connectivity index (χ4v) is 3.45. The van der Waals surface area contributed by atoms with Gasteiger partial charge in [-0.25, -0.2) is 4.79 Å². The highest BCUT2D eigenvalue weighted by Gasteiger charge is 2.39. The van der Waals surface area contributed by atoms with E-state index in [0.29, 0.717) is 17.0 Å². The van der Waals surface area contributed by atoms with E-state index in [1.165, 1.54) is 13.2 Å². The summed E-state index contributed by atoms with van der Waals surface area (Å²) in [4.78, 5) is 37.1. The van der Waals surface area contributed by atoms with Gasteiger partial charge in [-0.15, -0.1) is 0 Å². The molecule has 0 bridgehead atoms. The van der Waals surface area contributed by atoms with Gasteiger partial charge in [-0.3, -0.25) is 14.9 Å². The van der Waals surface area contributed by atoms with Gasteiger partial charge in [0, 0.05) is 42.1 Å². The van der Waals surface area contributed by atoms with Crippen LogP contribution in [0.3, 0.4) is 0 Å². The van der Waals surface area contributed by atoms with Crippen LogP contribution in [0, 0.1) is 10.1 Å². The Bertz CT molecular complexity index is 885. The second-order valence-corrected chi connectivity index (χ2v) is 7.07. The van der Waals surface area contributed by atoms with E-state index in [2.05, 4.69) is 5.32 Å². The van der Waals surface area contributed by atoms with Gasteiger partial charge in [0.2, 0.25) is 0 Å². The summed E-state index contributed by atoms with van der Waals surface area (Å²) in [6.45, 7) is 7.05. The van der Waals surface area contributed by atoms with E-state index in [-0.39, 0.29) is 41.7 Å². The van der Waals surface area contributed by atoms with Crippen LogP contribution in [-0.4, -0.2) is 36.5 Å². The Balaban J connectivity index is 2.71. The van der Waals surface area contributed by atoms with Gasteiger partial charge < -0.3 is 14.8 Å². The minimum absolute atomic E-state index is 0.0908. The van der Waals surface area contributed by atoms with E-state index in [0.717, 1.165) is 0 Å². The van der Waals surface area contributed by atoms with Gasteiger partial charge in [0.1, 0.15) is 0 Å². The second-order valence-electron chi connectivity index (χ2n) is 7.07. The van der Waals surface area contributed by atoms with Crippen LogP contribution in [0.4, 0.5) is 5.69 Å². The Labute approximate surface area is 169 Å².